The number of aliphatic hydroxyl groups is 1. The molecule has 0 bridgehead atoms. The molecule has 0 saturated carbocycles. The summed E-state index contributed by atoms with van der Waals surface area (Å²) in [6.07, 6.45) is 4.24. The summed E-state index contributed by atoms with van der Waals surface area (Å²) in [7, 11) is 2.90. The van der Waals surface area contributed by atoms with E-state index in [9.17, 15) is 9.90 Å². The van der Waals surface area contributed by atoms with E-state index in [1.54, 1.807) is 13.2 Å². The highest BCUT2D eigenvalue weighted by atomic mass is 16.5. The Morgan fingerprint density at radius 2 is 2.22 bits per heavy atom. The van der Waals surface area contributed by atoms with Crippen molar-refractivity contribution in [3.63, 3.8) is 0 Å². The topological polar surface area (TPSA) is 55.8 Å². The Labute approximate surface area is 106 Å². The van der Waals surface area contributed by atoms with Crippen LogP contribution in [0, 0.1) is 0 Å². The van der Waals surface area contributed by atoms with Crippen molar-refractivity contribution in [2.75, 3.05) is 20.8 Å². The average Bonchev–Trinajstić information content (AvgIpc) is 2.45. The predicted molar refractivity (Wildman–Crippen MR) is 67.4 cm³/mol. The van der Waals surface area contributed by atoms with E-state index >= 15 is 0 Å². The zero-order valence-corrected chi connectivity index (χ0v) is 10.5. The van der Waals surface area contributed by atoms with Gasteiger partial charge in [-0.25, -0.2) is 0 Å². The number of carbonyl (C=O) groups is 1. The van der Waals surface area contributed by atoms with E-state index in [4.69, 9.17) is 9.47 Å². The lowest BCUT2D eigenvalue weighted by Gasteiger charge is -2.32. The molecule has 0 aliphatic heterocycles. The Morgan fingerprint density at radius 3 is 2.83 bits per heavy atom. The van der Waals surface area contributed by atoms with Crippen LogP contribution in [0.5, 0.6) is 5.75 Å². The van der Waals surface area contributed by atoms with E-state index in [0.29, 0.717) is 12.2 Å². The quantitative estimate of drug-likeness (QED) is 0.824. The molecular weight excluding hydrogens is 232 g/mol. The van der Waals surface area contributed by atoms with E-state index in [1.807, 2.05) is 24.3 Å². The Balaban J connectivity index is 2.60. The first-order chi connectivity index (χ1) is 8.67. The van der Waals surface area contributed by atoms with Gasteiger partial charge in [-0.2, -0.15) is 0 Å². The molecule has 0 spiro atoms. The molecule has 1 aromatic rings. The number of aliphatic hydroxyl groups excluding tert-OH is 1. The second-order valence-electron chi connectivity index (χ2n) is 4.29. The van der Waals surface area contributed by atoms with Crippen LogP contribution in [0.1, 0.15) is 17.5 Å². The van der Waals surface area contributed by atoms with E-state index in [0.717, 1.165) is 11.1 Å². The lowest BCUT2D eigenvalue weighted by molar-refractivity contribution is -0.149. The van der Waals surface area contributed by atoms with Gasteiger partial charge < -0.3 is 14.6 Å². The smallest absolute Gasteiger partial charge is 0.318 e. The van der Waals surface area contributed by atoms with Crippen molar-refractivity contribution in [1.82, 2.24) is 0 Å². The highest BCUT2D eigenvalue weighted by Crippen LogP contribution is 2.38. The summed E-state index contributed by atoms with van der Waals surface area (Å²) in [6.45, 7) is -0.288. The Hall–Kier alpha value is -1.81. The van der Waals surface area contributed by atoms with Crippen LogP contribution in [0.25, 0.3) is 6.08 Å². The molecule has 4 heteroatoms. The molecule has 1 N–H and O–H groups in total. The largest absolute Gasteiger partial charge is 0.497 e. The molecule has 0 fully saturated rings. The van der Waals surface area contributed by atoms with E-state index < -0.39 is 11.4 Å². The molecule has 4 nitrogen and oxygen atoms in total. The molecule has 2 rings (SSSR count). The van der Waals surface area contributed by atoms with Crippen molar-refractivity contribution in [3.05, 3.63) is 35.4 Å². The molecule has 1 aliphatic rings. The van der Waals surface area contributed by atoms with Gasteiger partial charge in [0, 0.05) is 0 Å². The predicted octanol–water partition coefficient (Wildman–Crippen LogP) is 1.52. The molecule has 18 heavy (non-hydrogen) atoms. The van der Waals surface area contributed by atoms with Crippen LogP contribution >= 0.6 is 0 Å². The first-order valence-corrected chi connectivity index (χ1v) is 5.72. The minimum Gasteiger partial charge on any atom is -0.497 e. The summed E-state index contributed by atoms with van der Waals surface area (Å²) in [5.74, 6) is 0.231. The van der Waals surface area contributed by atoms with Crippen LogP contribution in [-0.2, 0) is 14.9 Å². The van der Waals surface area contributed by atoms with Gasteiger partial charge in [-0.3, -0.25) is 4.79 Å². The average molecular weight is 248 g/mol. The summed E-state index contributed by atoms with van der Waals surface area (Å²) in [6, 6.07) is 5.48. The van der Waals surface area contributed by atoms with Crippen LogP contribution in [0.3, 0.4) is 0 Å². The second-order valence-corrected chi connectivity index (χ2v) is 4.29. The first-order valence-electron chi connectivity index (χ1n) is 5.72. The Kier molecular flexibility index (Phi) is 3.39. The standard InChI is InChI=1S/C14H16O4/c1-17-11-6-5-10-4-3-7-14(9-15,12(10)8-11)13(16)18-2/h3-6,8,15H,7,9H2,1-2H3/t14-/m0/s1. The van der Waals surface area contributed by atoms with Crippen LogP contribution in [-0.4, -0.2) is 31.9 Å². The number of rotatable bonds is 3. The highest BCUT2D eigenvalue weighted by Gasteiger charge is 2.43. The van der Waals surface area contributed by atoms with Gasteiger partial charge in [-0.1, -0.05) is 18.2 Å². The third kappa shape index (κ3) is 1.78. The number of hydrogen-bond donors (Lipinski definition) is 1. The zero-order chi connectivity index (χ0) is 13.2. The maximum absolute atomic E-state index is 12.0. The number of esters is 1. The van der Waals surface area contributed by atoms with Crippen LogP contribution in [0.2, 0.25) is 0 Å². The van der Waals surface area contributed by atoms with Gasteiger partial charge in [0.1, 0.15) is 11.2 Å². The minimum atomic E-state index is -1.02. The second kappa shape index (κ2) is 4.82. The highest BCUT2D eigenvalue weighted by molar-refractivity contribution is 5.87. The van der Waals surface area contributed by atoms with Crippen LogP contribution in [0.15, 0.2) is 24.3 Å². The number of benzene rings is 1. The molecule has 0 saturated heterocycles. The van der Waals surface area contributed by atoms with Crippen molar-refractivity contribution < 1.29 is 19.4 Å². The van der Waals surface area contributed by atoms with Crippen molar-refractivity contribution in [2.24, 2.45) is 0 Å². The third-order valence-corrected chi connectivity index (χ3v) is 3.39. The molecule has 0 heterocycles. The van der Waals surface area contributed by atoms with Crippen molar-refractivity contribution in [3.8, 4) is 5.75 Å². The fourth-order valence-electron chi connectivity index (χ4n) is 2.32. The number of fused-ring (bicyclic) bond motifs is 1. The number of methoxy groups -OCH3 is 2. The van der Waals surface area contributed by atoms with E-state index in [2.05, 4.69) is 0 Å². The molecule has 1 aromatic carbocycles. The number of hydrogen-bond acceptors (Lipinski definition) is 4. The summed E-state index contributed by atoms with van der Waals surface area (Å²) in [4.78, 5) is 12.0. The van der Waals surface area contributed by atoms with Gasteiger partial charge in [0.15, 0.2) is 0 Å². The molecule has 0 aromatic heterocycles. The fourth-order valence-corrected chi connectivity index (χ4v) is 2.32. The lowest BCUT2D eigenvalue weighted by atomic mass is 9.73. The minimum absolute atomic E-state index is 0.288. The number of carbonyl (C=O) groups excluding carboxylic acids is 1. The van der Waals surface area contributed by atoms with Crippen molar-refractivity contribution in [1.29, 1.82) is 0 Å². The molecule has 0 radical (unpaired) electrons. The number of ether oxygens (including phenoxy) is 2. The normalized spacial score (nSPS) is 21.3. The monoisotopic (exact) mass is 248 g/mol. The fraction of sp³-hybridized carbons (Fsp3) is 0.357. The van der Waals surface area contributed by atoms with Gasteiger partial charge in [0.25, 0.3) is 0 Å². The van der Waals surface area contributed by atoms with Crippen molar-refractivity contribution in [2.45, 2.75) is 11.8 Å². The van der Waals surface area contributed by atoms with Crippen LogP contribution < -0.4 is 4.74 Å². The van der Waals surface area contributed by atoms with Gasteiger partial charge in [-0.15, -0.1) is 0 Å². The maximum Gasteiger partial charge on any atom is 0.318 e. The molecule has 0 unspecified atom stereocenters. The molecule has 1 aliphatic carbocycles. The van der Waals surface area contributed by atoms with Gasteiger partial charge >= 0.3 is 5.97 Å². The SMILES string of the molecule is COC(=O)[C@]1(CO)CC=Cc2ccc(OC)cc21. The van der Waals surface area contributed by atoms with Gasteiger partial charge in [0.05, 0.1) is 20.8 Å². The van der Waals surface area contributed by atoms with E-state index in [1.165, 1.54) is 7.11 Å². The van der Waals surface area contributed by atoms with Gasteiger partial charge in [0.2, 0.25) is 0 Å². The molecule has 0 amide bonds. The zero-order valence-electron chi connectivity index (χ0n) is 10.5. The maximum atomic E-state index is 12.0. The summed E-state index contributed by atoms with van der Waals surface area (Å²) >= 11 is 0. The first kappa shape index (κ1) is 12.6. The van der Waals surface area contributed by atoms with Crippen LogP contribution in [0.4, 0.5) is 0 Å². The van der Waals surface area contributed by atoms with Gasteiger partial charge in [-0.05, 0) is 29.7 Å². The lowest BCUT2D eigenvalue weighted by Crippen LogP contribution is -2.41. The molecular formula is C14H16O4. The molecule has 1 atom stereocenters. The third-order valence-electron chi connectivity index (χ3n) is 3.39. The summed E-state index contributed by atoms with van der Waals surface area (Å²) < 4.78 is 10.0. The summed E-state index contributed by atoms with van der Waals surface area (Å²) in [5, 5.41) is 9.68. The summed E-state index contributed by atoms with van der Waals surface area (Å²) in [5.41, 5.74) is 0.632. The van der Waals surface area contributed by atoms with E-state index in [-0.39, 0.29) is 6.61 Å². The van der Waals surface area contributed by atoms with Crippen molar-refractivity contribution >= 4 is 12.0 Å². The molecule has 96 valence electrons. The Morgan fingerprint density at radius 1 is 1.44 bits per heavy atom. The Bertz CT molecular complexity index is 493. The number of allylic oxidation sites excluding steroid dienone is 1.